The Bertz CT molecular complexity index is 721. The van der Waals surface area contributed by atoms with Gasteiger partial charge in [-0.05, 0) is 19.3 Å². The fourth-order valence-electron chi connectivity index (χ4n) is 3.43. The number of benzene rings is 1. The SMILES string of the molecule is O=C(O)CCCn1c(C2CCCCC2)nc2cc(F)c(F)cc21. The summed E-state index contributed by atoms with van der Waals surface area (Å²) in [6, 6.07) is 2.30. The number of nitrogens with zero attached hydrogens (tertiary/aromatic N) is 2. The van der Waals surface area contributed by atoms with Crippen molar-refractivity contribution in [1.82, 2.24) is 9.55 Å². The molecule has 1 heterocycles. The van der Waals surface area contributed by atoms with E-state index in [-0.39, 0.29) is 12.3 Å². The first-order chi connectivity index (χ1) is 11.1. The Morgan fingerprint density at radius 2 is 1.91 bits per heavy atom. The number of carbonyl (C=O) groups is 1. The zero-order valence-electron chi connectivity index (χ0n) is 12.9. The molecule has 0 aliphatic heterocycles. The first kappa shape index (κ1) is 15.9. The molecule has 124 valence electrons. The minimum atomic E-state index is -0.900. The highest BCUT2D eigenvalue weighted by Crippen LogP contribution is 2.34. The van der Waals surface area contributed by atoms with Gasteiger partial charge in [0.25, 0.3) is 0 Å². The van der Waals surface area contributed by atoms with Crippen LogP contribution >= 0.6 is 0 Å². The monoisotopic (exact) mass is 322 g/mol. The van der Waals surface area contributed by atoms with Gasteiger partial charge in [-0.2, -0.15) is 0 Å². The van der Waals surface area contributed by atoms with Gasteiger partial charge < -0.3 is 9.67 Å². The predicted octanol–water partition coefficient (Wildman–Crippen LogP) is 4.23. The molecule has 23 heavy (non-hydrogen) atoms. The van der Waals surface area contributed by atoms with Crippen molar-refractivity contribution in [2.75, 3.05) is 0 Å². The quantitative estimate of drug-likeness (QED) is 0.896. The number of fused-ring (bicyclic) bond motifs is 1. The van der Waals surface area contributed by atoms with E-state index in [0.29, 0.717) is 24.0 Å². The molecule has 4 nitrogen and oxygen atoms in total. The van der Waals surface area contributed by atoms with Crippen molar-refractivity contribution >= 4 is 17.0 Å². The van der Waals surface area contributed by atoms with Crippen LogP contribution in [0, 0.1) is 11.6 Å². The topological polar surface area (TPSA) is 55.1 Å². The number of hydrogen-bond donors (Lipinski definition) is 1. The number of carboxylic acid groups (broad SMARTS) is 1. The number of imidazole rings is 1. The zero-order chi connectivity index (χ0) is 16.4. The van der Waals surface area contributed by atoms with Crippen molar-refractivity contribution in [2.24, 2.45) is 0 Å². The molecule has 0 spiro atoms. The molecule has 0 amide bonds. The van der Waals surface area contributed by atoms with Gasteiger partial charge in [0.1, 0.15) is 5.82 Å². The molecule has 6 heteroatoms. The Kier molecular flexibility index (Phi) is 4.59. The molecule has 1 saturated carbocycles. The summed E-state index contributed by atoms with van der Waals surface area (Å²) < 4.78 is 29.0. The number of aryl methyl sites for hydroxylation is 1. The van der Waals surface area contributed by atoms with E-state index in [1.54, 1.807) is 0 Å². The highest BCUT2D eigenvalue weighted by atomic mass is 19.2. The molecular weight excluding hydrogens is 302 g/mol. The molecule has 0 atom stereocenters. The van der Waals surface area contributed by atoms with Crippen molar-refractivity contribution in [3.05, 3.63) is 29.6 Å². The summed E-state index contributed by atoms with van der Waals surface area (Å²) >= 11 is 0. The van der Waals surface area contributed by atoms with Crippen molar-refractivity contribution < 1.29 is 18.7 Å². The Hall–Kier alpha value is -1.98. The van der Waals surface area contributed by atoms with Gasteiger partial charge in [0, 0.05) is 31.0 Å². The van der Waals surface area contributed by atoms with Crippen LogP contribution in [0.1, 0.15) is 56.7 Å². The lowest BCUT2D eigenvalue weighted by atomic mass is 9.88. The molecular formula is C17H20F2N2O2. The van der Waals surface area contributed by atoms with Gasteiger partial charge in [-0.15, -0.1) is 0 Å². The Labute approximate surface area is 133 Å². The van der Waals surface area contributed by atoms with Crippen molar-refractivity contribution in [3.63, 3.8) is 0 Å². The standard InChI is InChI=1S/C17H20F2N2O2/c18-12-9-14-15(10-13(12)19)21(8-4-7-16(22)23)17(20-14)11-5-2-1-3-6-11/h9-11H,1-8H2,(H,22,23). The second-order valence-electron chi connectivity index (χ2n) is 6.21. The molecule has 0 saturated heterocycles. The van der Waals surface area contributed by atoms with E-state index in [2.05, 4.69) is 4.98 Å². The van der Waals surface area contributed by atoms with Crippen LogP contribution in [-0.2, 0) is 11.3 Å². The Balaban J connectivity index is 1.99. The summed E-state index contributed by atoms with van der Waals surface area (Å²) in [5.74, 6) is -1.52. The second kappa shape index (κ2) is 6.64. The van der Waals surface area contributed by atoms with Crippen LogP contribution in [0.25, 0.3) is 11.0 Å². The van der Waals surface area contributed by atoms with Crippen LogP contribution in [0.15, 0.2) is 12.1 Å². The third-order valence-electron chi connectivity index (χ3n) is 4.56. The van der Waals surface area contributed by atoms with E-state index in [0.717, 1.165) is 37.6 Å². The van der Waals surface area contributed by atoms with Crippen LogP contribution < -0.4 is 0 Å². The van der Waals surface area contributed by atoms with Gasteiger partial charge in [-0.25, -0.2) is 13.8 Å². The van der Waals surface area contributed by atoms with Crippen molar-refractivity contribution in [2.45, 2.75) is 57.4 Å². The van der Waals surface area contributed by atoms with Gasteiger partial charge in [0.15, 0.2) is 11.6 Å². The van der Waals surface area contributed by atoms with Gasteiger partial charge in [-0.3, -0.25) is 4.79 Å². The summed E-state index contributed by atoms with van der Waals surface area (Å²) in [5, 5.41) is 8.82. The van der Waals surface area contributed by atoms with E-state index in [9.17, 15) is 13.6 Å². The molecule has 0 bridgehead atoms. The molecule has 1 aromatic heterocycles. The number of hydrogen-bond acceptors (Lipinski definition) is 2. The lowest BCUT2D eigenvalue weighted by molar-refractivity contribution is -0.137. The summed E-state index contributed by atoms with van der Waals surface area (Å²) in [7, 11) is 0. The summed E-state index contributed by atoms with van der Waals surface area (Å²) in [6.07, 6.45) is 6.00. The Morgan fingerprint density at radius 1 is 1.22 bits per heavy atom. The first-order valence-corrected chi connectivity index (χ1v) is 8.13. The van der Waals surface area contributed by atoms with Gasteiger partial charge in [0.2, 0.25) is 0 Å². The van der Waals surface area contributed by atoms with Gasteiger partial charge >= 0.3 is 5.97 Å². The van der Waals surface area contributed by atoms with E-state index >= 15 is 0 Å². The fraction of sp³-hybridized carbons (Fsp3) is 0.529. The molecule has 0 unspecified atom stereocenters. The maximum atomic E-state index is 13.6. The third kappa shape index (κ3) is 3.35. The number of rotatable bonds is 5. The van der Waals surface area contributed by atoms with E-state index in [4.69, 9.17) is 5.11 Å². The van der Waals surface area contributed by atoms with Crippen LogP contribution in [0.5, 0.6) is 0 Å². The molecule has 0 radical (unpaired) electrons. The average molecular weight is 322 g/mol. The normalized spacial score (nSPS) is 16.1. The molecule has 1 fully saturated rings. The lowest BCUT2D eigenvalue weighted by Crippen LogP contribution is -2.13. The van der Waals surface area contributed by atoms with E-state index in [1.165, 1.54) is 12.5 Å². The van der Waals surface area contributed by atoms with Gasteiger partial charge in [0.05, 0.1) is 11.0 Å². The molecule has 2 aromatic rings. The minimum absolute atomic E-state index is 0.0491. The van der Waals surface area contributed by atoms with Gasteiger partial charge in [-0.1, -0.05) is 19.3 Å². The summed E-state index contributed by atoms with van der Waals surface area (Å²) in [5.41, 5.74) is 0.995. The first-order valence-electron chi connectivity index (χ1n) is 8.13. The lowest BCUT2D eigenvalue weighted by Gasteiger charge is -2.22. The summed E-state index contributed by atoms with van der Waals surface area (Å²) in [6.45, 7) is 0.458. The molecule has 1 aromatic carbocycles. The molecule has 1 aliphatic rings. The van der Waals surface area contributed by atoms with E-state index < -0.39 is 17.6 Å². The highest BCUT2D eigenvalue weighted by molar-refractivity contribution is 5.76. The maximum Gasteiger partial charge on any atom is 0.303 e. The van der Waals surface area contributed by atoms with Crippen molar-refractivity contribution in [3.8, 4) is 0 Å². The van der Waals surface area contributed by atoms with Crippen LogP contribution in [-0.4, -0.2) is 20.6 Å². The summed E-state index contributed by atoms with van der Waals surface area (Å²) in [4.78, 5) is 15.3. The van der Waals surface area contributed by atoms with E-state index in [1.807, 2.05) is 4.57 Å². The third-order valence-corrected chi connectivity index (χ3v) is 4.56. The van der Waals surface area contributed by atoms with Crippen LogP contribution in [0.2, 0.25) is 0 Å². The number of aromatic nitrogens is 2. The average Bonchev–Trinajstić information content (AvgIpc) is 2.86. The highest BCUT2D eigenvalue weighted by Gasteiger charge is 2.23. The van der Waals surface area contributed by atoms with Crippen LogP contribution in [0.4, 0.5) is 8.78 Å². The Morgan fingerprint density at radius 3 is 2.61 bits per heavy atom. The molecule has 1 aliphatic carbocycles. The zero-order valence-corrected chi connectivity index (χ0v) is 12.9. The fourth-order valence-corrected chi connectivity index (χ4v) is 3.43. The number of halogens is 2. The largest absolute Gasteiger partial charge is 0.481 e. The number of carboxylic acids is 1. The predicted molar refractivity (Wildman–Crippen MR) is 82.3 cm³/mol. The molecule has 1 N–H and O–H groups in total. The van der Waals surface area contributed by atoms with Crippen molar-refractivity contribution in [1.29, 1.82) is 0 Å². The second-order valence-corrected chi connectivity index (χ2v) is 6.21. The molecule has 3 rings (SSSR count). The minimum Gasteiger partial charge on any atom is -0.481 e. The number of aliphatic carboxylic acids is 1. The smallest absolute Gasteiger partial charge is 0.303 e. The van der Waals surface area contributed by atoms with Crippen LogP contribution in [0.3, 0.4) is 0 Å². The maximum absolute atomic E-state index is 13.6.